The SMILES string of the molecule is O=C(Cn1ccnc1)N1CCC23CCN(CC4CC4)C(Cc4ccc(O)cc42)C3(O)CC1. The van der Waals surface area contributed by atoms with Crippen LogP contribution in [0.5, 0.6) is 5.75 Å². The highest BCUT2D eigenvalue weighted by Crippen LogP contribution is 2.56. The Morgan fingerprint density at radius 2 is 1.97 bits per heavy atom. The molecule has 2 N–H and O–H groups in total. The Kier molecular flexibility index (Phi) is 4.63. The minimum absolute atomic E-state index is 0.0672. The van der Waals surface area contributed by atoms with Crippen LogP contribution >= 0.6 is 0 Å². The van der Waals surface area contributed by atoms with E-state index in [0.717, 1.165) is 43.8 Å². The van der Waals surface area contributed by atoms with Crippen molar-refractivity contribution >= 4 is 5.91 Å². The molecular weight excluding hydrogens is 404 g/mol. The van der Waals surface area contributed by atoms with Crippen LogP contribution in [0.15, 0.2) is 36.9 Å². The van der Waals surface area contributed by atoms with E-state index in [1.165, 1.54) is 18.4 Å². The van der Waals surface area contributed by atoms with Gasteiger partial charge in [0.25, 0.3) is 0 Å². The molecule has 2 aromatic rings. The smallest absolute Gasteiger partial charge is 0.242 e. The zero-order valence-electron chi connectivity index (χ0n) is 18.5. The number of carbonyl (C=O) groups is 1. The van der Waals surface area contributed by atoms with Gasteiger partial charge in [-0.25, -0.2) is 4.98 Å². The summed E-state index contributed by atoms with van der Waals surface area (Å²) in [6.07, 6.45) is 10.7. The number of aromatic hydroxyl groups is 1. The summed E-state index contributed by atoms with van der Waals surface area (Å²) in [6.45, 7) is 3.51. The second kappa shape index (κ2) is 7.32. The van der Waals surface area contributed by atoms with Crippen molar-refractivity contribution in [3.63, 3.8) is 0 Å². The van der Waals surface area contributed by atoms with Crippen LogP contribution in [-0.4, -0.2) is 73.3 Å². The Labute approximate surface area is 188 Å². The minimum Gasteiger partial charge on any atom is -0.508 e. The van der Waals surface area contributed by atoms with E-state index in [1.54, 1.807) is 23.2 Å². The molecule has 0 spiro atoms. The molecule has 0 radical (unpaired) electrons. The number of phenols is 1. The van der Waals surface area contributed by atoms with E-state index < -0.39 is 11.0 Å². The zero-order chi connectivity index (χ0) is 21.9. The lowest BCUT2D eigenvalue weighted by atomic mass is 9.52. The number of carbonyl (C=O) groups excluding carboxylic acids is 1. The Hall–Kier alpha value is -2.38. The lowest BCUT2D eigenvalue weighted by Gasteiger charge is -2.61. The molecule has 2 aliphatic heterocycles. The van der Waals surface area contributed by atoms with Gasteiger partial charge in [-0.2, -0.15) is 0 Å². The van der Waals surface area contributed by atoms with E-state index in [2.05, 4.69) is 9.88 Å². The van der Waals surface area contributed by atoms with Gasteiger partial charge in [0.2, 0.25) is 5.91 Å². The molecule has 3 unspecified atom stereocenters. The van der Waals surface area contributed by atoms with E-state index >= 15 is 0 Å². The van der Waals surface area contributed by atoms with Crippen LogP contribution in [0.4, 0.5) is 0 Å². The normalized spacial score (nSPS) is 32.2. The summed E-state index contributed by atoms with van der Waals surface area (Å²) in [7, 11) is 0. The summed E-state index contributed by atoms with van der Waals surface area (Å²) in [6, 6.07) is 5.78. The standard InChI is InChI=1S/C25H32N4O3/c30-20-4-3-19-13-22-25(32)7-11-28(23(31)16-27-12-8-26-17-27)9-5-24(25,21(19)14-20)6-10-29(22)15-18-1-2-18/h3-4,8,12,14,17-18,22,30,32H,1-2,5-7,9-11,13,15-16H2. The van der Waals surface area contributed by atoms with E-state index in [9.17, 15) is 15.0 Å². The average molecular weight is 437 g/mol. The number of hydrogen-bond donors (Lipinski definition) is 2. The third kappa shape index (κ3) is 3.09. The summed E-state index contributed by atoms with van der Waals surface area (Å²) in [5.41, 5.74) is 1.03. The number of likely N-dealkylation sites (tertiary alicyclic amines) is 2. The van der Waals surface area contributed by atoms with Gasteiger partial charge in [0.1, 0.15) is 12.3 Å². The second-order valence-corrected chi connectivity index (χ2v) is 10.4. The number of fused-ring (bicyclic) bond motifs is 1. The van der Waals surface area contributed by atoms with Crippen molar-refractivity contribution in [2.75, 3.05) is 26.2 Å². The van der Waals surface area contributed by atoms with Gasteiger partial charge >= 0.3 is 0 Å². The van der Waals surface area contributed by atoms with E-state index in [-0.39, 0.29) is 24.2 Å². The number of aromatic nitrogens is 2. The number of phenolic OH excluding ortho intramolecular Hbond substituents is 1. The van der Waals surface area contributed by atoms with Crippen molar-refractivity contribution in [2.24, 2.45) is 5.92 Å². The fourth-order valence-electron chi connectivity index (χ4n) is 6.75. The van der Waals surface area contributed by atoms with Gasteiger partial charge in [0.15, 0.2) is 0 Å². The van der Waals surface area contributed by atoms with Crippen LogP contribution in [0.2, 0.25) is 0 Å². The molecule has 3 heterocycles. The van der Waals surface area contributed by atoms with E-state index in [4.69, 9.17) is 0 Å². The van der Waals surface area contributed by atoms with Crippen LogP contribution in [0.1, 0.15) is 43.2 Å². The Balaban J connectivity index is 1.36. The third-order valence-electron chi connectivity index (χ3n) is 8.66. The maximum Gasteiger partial charge on any atom is 0.242 e. The van der Waals surface area contributed by atoms with Gasteiger partial charge in [-0.15, -0.1) is 0 Å². The molecule has 2 aliphatic carbocycles. The average Bonchev–Trinajstić information content (AvgIpc) is 3.48. The van der Waals surface area contributed by atoms with Crippen LogP contribution in [0.25, 0.3) is 0 Å². The van der Waals surface area contributed by atoms with Crippen LogP contribution in [0.3, 0.4) is 0 Å². The van der Waals surface area contributed by atoms with Crippen LogP contribution in [-0.2, 0) is 23.2 Å². The van der Waals surface area contributed by atoms with Crippen molar-refractivity contribution in [2.45, 2.75) is 62.1 Å². The molecule has 1 aromatic heterocycles. The molecule has 7 heteroatoms. The number of imidazole rings is 1. The molecule has 1 amide bonds. The van der Waals surface area contributed by atoms with Crippen molar-refractivity contribution in [3.8, 4) is 5.75 Å². The van der Waals surface area contributed by atoms with Crippen molar-refractivity contribution in [3.05, 3.63) is 48.0 Å². The molecule has 1 saturated carbocycles. The first-order valence-corrected chi connectivity index (χ1v) is 12.0. The first-order chi connectivity index (χ1) is 15.5. The quantitative estimate of drug-likeness (QED) is 0.765. The summed E-state index contributed by atoms with van der Waals surface area (Å²) < 4.78 is 1.80. The second-order valence-electron chi connectivity index (χ2n) is 10.4. The number of rotatable bonds is 4. The monoisotopic (exact) mass is 436 g/mol. The number of nitrogens with zero attached hydrogens (tertiary/aromatic N) is 4. The van der Waals surface area contributed by atoms with Gasteiger partial charge in [-0.05, 0) is 74.2 Å². The fraction of sp³-hybridized carbons (Fsp3) is 0.600. The van der Waals surface area contributed by atoms with Crippen molar-refractivity contribution in [1.29, 1.82) is 0 Å². The molecule has 2 bridgehead atoms. The maximum absolute atomic E-state index is 13.1. The molecule has 3 atom stereocenters. The number of aliphatic hydroxyl groups is 1. The van der Waals surface area contributed by atoms with E-state index in [0.29, 0.717) is 19.5 Å². The third-order valence-corrected chi connectivity index (χ3v) is 8.66. The van der Waals surface area contributed by atoms with Crippen LogP contribution < -0.4 is 0 Å². The maximum atomic E-state index is 13.1. The summed E-state index contributed by atoms with van der Waals surface area (Å²) in [4.78, 5) is 21.6. The van der Waals surface area contributed by atoms with Gasteiger partial charge in [-0.3, -0.25) is 9.69 Å². The summed E-state index contributed by atoms with van der Waals surface area (Å²) >= 11 is 0. The number of piperidine rings is 1. The zero-order valence-corrected chi connectivity index (χ0v) is 18.5. The number of benzene rings is 1. The molecule has 170 valence electrons. The largest absolute Gasteiger partial charge is 0.508 e. The molecule has 4 aliphatic rings. The predicted octanol–water partition coefficient (Wildman–Crippen LogP) is 1.92. The molecular formula is C25H32N4O3. The molecule has 2 saturated heterocycles. The highest BCUT2D eigenvalue weighted by Gasteiger charge is 2.63. The molecule has 1 aromatic carbocycles. The summed E-state index contributed by atoms with van der Waals surface area (Å²) in [5, 5.41) is 22.8. The Morgan fingerprint density at radius 1 is 1.16 bits per heavy atom. The molecule has 7 nitrogen and oxygen atoms in total. The fourth-order valence-corrected chi connectivity index (χ4v) is 6.75. The summed E-state index contributed by atoms with van der Waals surface area (Å²) in [5.74, 6) is 1.10. The highest BCUT2D eigenvalue weighted by molar-refractivity contribution is 5.76. The molecule has 6 rings (SSSR count). The highest BCUT2D eigenvalue weighted by atomic mass is 16.3. The molecule has 3 fully saturated rings. The molecule has 32 heavy (non-hydrogen) atoms. The first-order valence-electron chi connectivity index (χ1n) is 12.0. The van der Waals surface area contributed by atoms with Crippen molar-refractivity contribution < 1.29 is 15.0 Å². The van der Waals surface area contributed by atoms with Gasteiger partial charge in [0, 0.05) is 43.5 Å². The Bertz CT molecular complexity index is 1020. The number of amides is 1. The predicted molar refractivity (Wildman–Crippen MR) is 119 cm³/mol. The Morgan fingerprint density at radius 3 is 2.75 bits per heavy atom. The van der Waals surface area contributed by atoms with Gasteiger partial charge in [-0.1, -0.05) is 6.07 Å². The lowest BCUT2D eigenvalue weighted by Crippen LogP contribution is -2.71. The first kappa shape index (κ1) is 20.2. The van der Waals surface area contributed by atoms with Crippen LogP contribution in [0, 0.1) is 5.92 Å². The minimum atomic E-state index is -0.898. The van der Waals surface area contributed by atoms with Gasteiger partial charge < -0.3 is 19.7 Å². The van der Waals surface area contributed by atoms with Crippen molar-refractivity contribution in [1.82, 2.24) is 19.4 Å². The van der Waals surface area contributed by atoms with Gasteiger partial charge in [0.05, 0.1) is 11.9 Å². The lowest BCUT2D eigenvalue weighted by molar-refractivity contribution is -0.149. The topological polar surface area (TPSA) is 81.8 Å². The number of hydrogen-bond acceptors (Lipinski definition) is 5. The van der Waals surface area contributed by atoms with E-state index in [1.807, 2.05) is 23.2 Å².